The van der Waals surface area contributed by atoms with Crippen molar-refractivity contribution < 1.29 is 23.9 Å². The number of methoxy groups -OCH3 is 1. The number of carbonyl (C=O) groups excluding carboxylic acids is 3. The number of likely N-dealkylation sites (tertiary alicyclic amines) is 1. The minimum Gasteiger partial charge on any atom is -0.469 e. The highest BCUT2D eigenvalue weighted by atomic mass is 79.9. The maximum Gasteiger partial charge on any atom is 0.410 e. The van der Waals surface area contributed by atoms with Crippen LogP contribution in [0.1, 0.15) is 53.9 Å². The summed E-state index contributed by atoms with van der Waals surface area (Å²) in [4.78, 5) is 37.5. The second-order valence-electron chi connectivity index (χ2n) is 7.84. The molecule has 174 valence electrons. The monoisotopic (exact) mass is 499 g/mol. The third kappa shape index (κ3) is 9.16. The lowest BCUT2D eigenvalue weighted by molar-refractivity contribution is -0.142. The van der Waals surface area contributed by atoms with Crippen molar-refractivity contribution in [3.8, 4) is 0 Å². The lowest BCUT2D eigenvalue weighted by Crippen LogP contribution is -2.42. The van der Waals surface area contributed by atoms with Crippen LogP contribution < -0.4 is 10.6 Å². The zero-order chi connectivity index (χ0) is 23.6. The molecule has 1 fully saturated rings. The van der Waals surface area contributed by atoms with Crippen LogP contribution in [-0.2, 0) is 19.1 Å². The smallest absolute Gasteiger partial charge is 0.410 e. The normalized spacial score (nSPS) is 15.5. The quantitative estimate of drug-likeness (QED) is 0.431. The van der Waals surface area contributed by atoms with Crippen LogP contribution in [0.15, 0.2) is 22.7 Å². The molecule has 31 heavy (non-hydrogen) atoms. The van der Waals surface area contributed by atoms with Crippen molar-refractivity contribution in [1.82, 2.24) is 4.90 Å². The molecule has 0 aromatic heterocycles. The van der Waals surface area contributed by atoms with Crippen LogP contribution in [-0.4, -0.2) is 54.7 Å². The van der Waals surface area contributed by atoms with E-state index in [1.54, 1.807) is 11.0 Å². The Morgan fingerprint density at radius 1 is 1.19 bits per heavy atom. The number of amides is 2. The molecule has 1 unspecified atom stereocenters. The van der Waals surface area contributed by atoms with E-state index < -0.39 is 17.5 Å². The van der Waals surface area contributed by atoms with Crippen LogP contribution in [0.4, 0.5) is 16.2 Å². The second kappa shape index (κ2) is 12.5. The molecular weight excluding hydrogens is 466 g/mol. The fourth-order valence-electron chi connectivity index (χ4n) is 3.01. The maximum absolute atomic E-state index is 12.4. The lowest BCUT2D eigenvalue weighted by atomic mass is 10.2. The summed E-state index contributed by atoms with van der Waals surface area (Å²) in [6.07, 6.45) is 1.10. The molecule has 1 aromatic rings. The molecule has 9 heteroatoms. The van der Waals surface area contributed by atoms with Gasteiger partial charge in [-0.05, 0) is 51.8 Å². The van der Waals surface area contributed by atoms with Crippen molar-refractivity contribution >= 4 is 45.3 Å². The number of nitrogens with one attached hydrogen (secondary N) is 2. The van der Waals surface area contributed by atoms with E-state index in [1.165, 1.54) is 7.11 Å². The van der Waals surface area contributed by atoms with Crippen LogP contribution >= 0.6 is 15.9 Å². The van der Waals surface area contributed by atoms with Gasteiger partial charge in [0, 0.05) is 17.6 Å². The minimum atomic E-state index is -0.606. The predicted molar refractivity (Wildman–Crippen MR) is 125 cm³/mol. The molecule has 0 aliphatic carbocycles. The number of hydrogen-bond donors (Lipinski definition) is 2. The Bertz CT molecular complexity index is 764. The summed E-state index contributed by atoms with van der Waals surface area (Å²) in [5, 5.41) is 6.02. The summed E-state index contributed by atoms with van der Waals surface area (Å²) in [5.41, 5.74) is 0.693. The van der Waals surface area contributed by atoms with E-state index in [9.17, 15) is 14.4 Å². The Balaban J connectivity index is 0.00000233. The van der Waals surface area contributed by atoms with Crippen molar-refractivity contribution in [3.63, 3.8) is 0 Å². The highest BCUT2D eigenvalue weighted by molar-refractivity contribution is 9.10. The van der Waals surface area contributed by atoms with Gasteiger partial charge in [-0.15, -0.1) is 0 Å². The van der Waals surface area contributed by atoms with E-state index in [2.05, 4.69) is 31.3 Å². The molecule has 1 atom stereocenters. The molecule has 0 bridgehead atoms. The van der Waals surface area contributed by atoms with Crippen LogP contribution in [0.3, 0.4) is 0 Å². The number of rotatable bonds is 6. The van der Waals surface area contributed by atoms with Gasteiger partial charge in [0.2, 0.25) is 5.91 Å². The predicted octanol–water partition coefficient (Wildman–Crippen LogP) is 4.79. The van der Waals surface area contributed by atoms with Gasteiger partial charge < -0.3 is 25.0 Å². The number of ether oxygens (including phenoxy) is 2. The first-order valence-electron chi connectivity index (χ1n) is 10.5. The van der Waals surface area contributed by atoms with Crippen molar-refractivity contribution in [3.05, 3.63) is 22.7 Å². The number of nitrogens with zero attached hydrogens (tertiary/aromatic N) is 1. The topological polar surface area (TPSA) is 97.0 Å². The second-order valence-corrected chi connectivity index (χ2v) is 8.76. The maximum atomic E-state index is 12.4. The highest BCUT2D eigenvalue weighted by Gasteiger charge is 2.32. The van der Waals surface area contributed by atoms with E-state index in [0.717, 1.165) is 17.3 Å². The van der Waals surface area contributed by atoms with Gasteiger partial charge in [-0.25, -0.2) is 4.79 Å². The van der Waals surface area contributed by atoms with E-state index in [-0.39, 0.29) is 18.6 Å². The standard InChI is InChI=1S/C20H28BrN3O5.C2H6/c1-20(2,3)29-19(27)24-9-5-6-14(24)12-22-15-8-7-13(21)10-16(15)23-17(25)11-18(26)28-4;1-2/h7-8,10,14,22H,5-6,9,11-12H2,1-4H3,(H,23,25);1-2H3. The molecule has 0 saturated carbocycles. The molecule has 1 heterocycles. The van der Waals surface area contributed by atoms with E-state index in [1.807, 2.05) is 46.8 Å². The first-order valence-corrected chi connectivity index (χ1v) is 11.3. The minimum absolute atomic E-state index is 0.00730. The Labute approximate surface area is 193 Å². The lowest BCUT2D eigenvalue weighted by Gasteiger charge is -2.29. The van der Waals surface area contributed by atoms with Crippen molar-refractivity contribution in [1.29, 1.82) is 0 Å². The van der Waals surface area contributed by atoms with Crippen molar-refractivity contribution in [2.75, 3.05) is 30.8 Å². The number of hydrogen-bond acceptors (Lipinski definition) is 6. The largest absolute Gasteiger partial charge is 0.469 e. The fourth-order valence-corrected chi connectivity index (χ4v) is 3.37. The van der Waals surface area contributed by atoms with Gasteiger partial charge in [0.05, 0.1) is 24.5 Å². The first kappa shape index (κ1) is 26.7. The molecule has 1 aliphatic heterocycles. The van der Waals surface area contributed by atoms with Gasteiger partial charge in [-0.2, -0.15) is 0 Å². The van der Waals surface area contributed by atoms with Crippen LogP contribution in [0, 0.1) is 0 Å². The molecule has 8 nitrogen and oxygen atoms in total. The molecule has 1 saturated heterocycles. The third-order valence-corrected chi connectivity index (χ3v) is 4.81. The Hall–Kier alpha value is -2.29. The fraction of sp³-hybridized carbons (Fsp3) is 0.591. The van der Waals surface area contributed by atoms with Gasteiger partial charge >= 0.3 is 12.1 Å². The van der Waals surface area contributed by atoms with Crippen LogP contribution in [0.5, 0.6) is 0 Å². The first-order chi connectivity index (χ1) is 14.6. The van der Waals surface area contributed by atoms with Gasteiger partial charge in [-0.3, -0.25) is 9.59 Å². The zero-order valence-electron chi connectivity index (χ0n) is 19.2. The van der Waals surface area contributed by atoms with Crippen molar-refractivity contribution in [2.45, 2.75) is 65.5 Å². The molecule has 1 aliphatic rings. The summed E-state index contributed by atoms with van der Waals surface area (Å²) in [5.74, 6) is -1.07. The Morgan fingerprint density at radius 2 is 1.87 bits per heavy atom. The summed E-state index contributed by atoms with van der Waals surface area (Å²) < 4.78 is 10.8. The molecule has 0 spiro atoms. The summed E-state index contributed by atoms with van der Waals surface area (Å²) in [6, 6.07) is 5.41. The van der Waals surface area contributed by atoms with Gasteiger partial charge in [0.25, 0.3) is 0 Å². The highest BCUT2D eigenvalue weighted by Crippen LogP contribution is 2.28. The molecular formula is C22H34BrN3O5. The molecule has 2 rings (SSSR count). The van der Waals surface area contributed by atoms with Gasteiger partial charge in [0.1, 0.15) is 12.0 Å². The number of carbonyl (C=O) groups is 3. The summed E-state index contributed by atoms with van der Waals surface area (Å²) in [7, 11) is 1.24. The van der Waals surface area contributed by atoms with E-state index in [0.29, 0.717) is 24.5 Å². The number of halogens is 1. The molecule has 2 amide bonds. The van der Waals surface area contributed by atoms with Gasteiger partial charge in [-0.1, -0.05) is 29.8 Å². The Kier molecular flexibility index (Phi) is 10.8. The van der Waals surface area contributed by atoms with Gasteiger partial charge in [0.15, 0.2) is 0 Å². The number of benzene rings is 1. The van der Waals surface area contributed by atoms with Crippen LogP contribution in [0.25, 0.3) is 0 Å². The third-order valence-electron chi connectivity index (χ3n) is 4.32. The Morgan fingerprint density at radius 3 is 2.48 bits per heavy atom. The summed E-state index contributed by atoms with van der Waals surface area (Å²) >= 11 is 3.38. The van der Waals surface area contributed by atoms with Crippen LogP contribution in [0.2, 0.25) is 0 Å². The average Bonchev–Trinajstić information content (AvgIpc) is 3.16. The SMILES string of the molecule is CC.COC(=O)CC(=O)Nc1cc(Br)ccc1NCC1CCCN1C(=O)OC(C)(C)C. The number of anilines is 2. The average molecular weight is 500 g/mol. The van der Waals surface area contributed by atoms with E-state index in [4.69, 9.17) is 4.74 Å². The summed E-state index contributed by atoms with van der Waals surface area (Å²) in [6.45, 7) is 10.7. The van der Waals surface area contributed by atoms with Crippen molar-refractivity contribution in [2.24, 2.45) is 0 Å². The van der Waals surface area contributed by atoms with E-state index >= 15 is 0 Å². The number of esters is 1. The molecule has 2 N–H and O–H groups in total. The molecule has 1 aromatic carbocycles. The molecule has 0 radical (unpaired) electrons. The zero-order valence-corrected chi connectivity index (χ0v) is 20.8.